The minimum absolute atomic E-state index is 0.169. The van der Waals surface area contributed by atoms with E-state index in [4.69, 9.17) is 0 Å². The first kappa shape index (κ1) is 14.0. The Hall–Kier alpha value is -2.95. The van der Waals surface area contributed by atoms with Gasteiger partial charge in [-0.1, -0.05) is 36.4 Å². The summed E-state index contributed by atoms with van der Waals surface area (Å²) in [5.41, 5.74) is 2.96. The van der Waals surface area contributed by atoms with Crippen molar-refractivity contribution in [3.8, 4) is 11.3 Å². The summed E-state index contributed by atoms with van der Waals surface area (Å²) in [6.45, 7) is 1.90. The maximum absolute atomic E-state index is 12.3. The molecule has 0 saturated carbocycles. The minimum atomic E-state index is -0.201. The topological polar surface area (TPSA) is 70.7 Å². The van der Waals surface area contributed by atoms with E-state index in [9.17, 15) is 4.79 Å². The van der Waals surface area contributed by atoms with E-state index in [2.05, 4.69) is 20.5 Å². The fourth-order valence-corrected chi connectivity index (χ4v) is 2.18. The second-order valence-corrected chi connectivity index (χ2v) is 4.98. The molecule has 0 aliphatic carbocycles. The fraction of sp³-hybridized carbons (Fsp3) is 0.118. The number of carbonyl (C=O) groups excluding carboxylic acids is 1. The first-order valence-electron chi connectivity index (χ1n) is 7.06. The predicted molar refractivity (Wildman–Crippen MR) is 84.1 cm³/mol. The van der Waals surface area contributed by atoms with Gasteiger partial charge in [-0.05, 0) is 25.1 Å². The molecule has 1 amide bonds. The molecule has 0 saturated heterocycles. The Morgan fingerprint density at radius 3 is 2.64 bits per heavy atom. The number of aromatic amines is 1. The van der Waals surface area contributed by atoms with E-state index < -0.39 is 0 Å². The molecule has 1 atom stereocenters. The normalized spacial score (nSPS) is 11.9. The Morgan fingerprint density at radius 1 is 1.14 bits per heavy atom. The molecule has 5 heteroatoms. The van der Waals surface area contributed by atoms with Crippen molar-refractivity contribution in [1.82, 2.24) is 20.5 Å². The molecule has 1 aromatic carbocycles. The molecule has 2 heterocycles. The lowest BCUT2D eigenvalue weighted by molar-refractivity contribution is 0.0934. The summed E-state index contributed by atoms with van der Waals surface area (Å²) in [5, 5.41) is 9.87. The van der Waals surface area contributed by atoms with Crippen LogP contribution in [0.3, 0.4) is 0 Å². The molecular weight excluding hydrogens is 276 g/mol. The molecule has 2 N–H and O–H groups in total. The van der Waals surface area contributed by atoms with E-state index in [0.717, 1.165) is 17.0 Å². The van der Waals surface area contributed by atoms with Crippen LogP contribution in [0.5, 0.6) is 0 Å². The van der Waals surface area contributed by atoms with E-state index in [1.165, 1.54) is 0 Å². The zero-order valence-corrected chi connectivity index (χ0v) is 12.2. The highest BCUT2D eigenvalue weighted by molar-refractivity contribution is 5.93. The van der Waals surface area contributed by atoms with Crippen LogP contribution in [0.4, 0.5) is 0 Å². The van der Waals surface area contributed by atoms with Gasteiger partial charge in [-0.15, -0.1) is 0 Å². The third-order valence-electron chi connectivity index (χ3n) is 3.37. The number of pyridine rings is 1. The summed E-state index contributed by atoms with van der Waals surface area (Å²) in [7, 11) is 0. The zero-order chi connectivity index (χ0) is 15.4. The third-order valence-corrected chi connectivity index (χ3v) is 3.37. The van der Waals surface area contributed by atoms with Crippen LogP contribution in [0.1, 0.15) is 29.1 Å². The third kappa shape index (κ3) is 3.03. The molecule has 0 aliphatic rings. The molecular formula is C17H16N4O. The van der Waals surface area contributed by atoms with E-state index in [-0.39, 0.29) is 11.9 Å². The van der Waals surface area contributed by atoms with Gasteiger partial charge in [0.2, 0.25) is 0 Å². The highest BCUT2D eigenvalue weighted by Gasteiger charge is 2.14. The maximum atomic E-state index is 12.3. The predicted octanol–water partition coefficient (Wildman–Crippen LogP) is 2.96. The van der Waals surface area contributed by atoms with Crippen molar-refractivity contribution in [2.24, 2.45) is 0 Å². The Bertz CT molecular complexity index is 753. The smallest absolute Gasteiger partial charge is 0.269 e. The highest BCUT2D eigenvalue weighted by atomic mass is 16.2. The summed E-state index contributed by atoms with van der Waals surface area (Å²) >= 11 is 0. The van der Waals surface area contributed by atoms with Gasteiger partial charge in [-0.2, -0.15) is 5.10 Å². The van der Waals surface area contributed by atoms with Gasteiger partial charge in [0.05, 0.1) is 17.4 Å². The van der Waals surface area contributed by atoms with Crippen molar-refractivity contribution in [1.29, 1.82) is 0 Å². The summed E-state index contributed by atoms with van der Waals surface area (Å²) in [6, 6.07) is 16.9. The number of hydrogen-bond donors (Lipinski definition) is 2. The van der Waals surface area contributed by atoms with Crippen LogP contribution in [0.25, 0.3) is 11.3 Å². The number of nitrogens with one attached hydrogen (secondary N) is 2. The maximum Gasteiger partial charge on any atom is 0.269 e. The first-order valence-corrected chi connectivity index (χ1v) is 7.06. The van der Waals surface area contributed by atoms with Gasteiger partial charge in [0.25, 0.3) is 5.91 Å². The molecule has 0 fully saturated rings. The number of nitrogens with zero attached hydrogens (tertiary/aromatic N) is 2. The number of hydrogen-bond acceptors (Lipinski definition) is 3. The summed E-state index contributed by atoms with van der Waals surface area (Å²) in [5.74, 6) is -0.201. The van der Waals surface area contributed by atoms with Crippen molar-refractivity contribution < 1.29 is 4.79 Å². The number of amides is 1. The Kier molecular flexibility index (Phi) is 3.96. The van der Waals surface area contributed by atoms with E-state index in [1.807, 2.05) is 55.5 Å². The Balaban J connectivity index is 1.72. The van der Waals surface area contributed by atoms with Crippen molar-refractivity contribution in [2.75, 3.05) is 0 Å². The number of aromatic nitrogens is 3. The monoisotopic (exact) mass is 292 g/mol. The van der Waals surface area contributed by atoms with Crippen molar-refractivity contribution in [3.63, 3.8) is 0 Å². The quantitative estimate of drug-likeness (QED) is 0.776. The van der Waals surface area contributed by atoms with Crippen LogP contribution in [-0.2, 0) is 0 Å². The van der Waals surface area contributed by atoms with Crippen LogP contribution in [0.2, 0.25) is 0 Å². The van der Waals surface area contributed by atoms with Gasteiger partial charge in [0.15, 0.2) is 0 Å². The first-order chi connectivity index (χ1) is 10.7. The van der Waals surface area contributed by atoms with Crippen LogP contribution in [0, 0.1) is 0 Å². The Morgan fingerprint density at radius 2 is 1.91 bits per heavy atom. The molecule has 3 aromatic rings. The lowest BCUT2D eigenvalue weighted by Gasteiger charge is -2.12. The van der Waals surface area contributed by atoms with Gasteiger partial charge in [0.1, 0.15) is 5.69 Å². The van der Waals surface area contributed by atoms with Crippen LogP contribution >= 0.6 is 0 Å². The van der Waals surface area contributed by atoms with Gasteiger partial charge in [0, 0.05) is 11.8 Å². The second-order valence-electron chi connectivity index (χ2n) is 4.98. The van der Waals surface area contributed by atoms with E-state index in [0.29, 0.717) is 5.69 Å². The molecule has 2 aromatic heterocycles. The molecule has 0 spiro atoms. The van der Waals surface area contributed by atoms with E-state index in [1.54, 1.807) is 12.3 Å². The SMILES string of the molecule is C[C@H](NC(=O)c1cc(-c2ccccc2)n[nH]1)c1ccccn1. The standard InChI is InChI=1S/C17H16N4O/c1-12(14-9-5-6-10-18-14)19-17(22)16-11-15(20-21-16)13-7-3-2-4-8-13/h2-12H,1H3,(H,19,22)(H,20,21)/t12-/m0/s1. The van der Waals surface area contributed by atoms with Gasteiger partial charge in [-0.25, -0.2) is 0 Å². The fourth-order valence-electron chi connectivity index (χ4n) is 2.18. The average Bonchev–Trinajstić information content (AvgIpc) is 3.06. The Labute approximate surface area is 128 Å². The molecule has 22 heavy (non-hydrogen) atoms. The molecule has 110 valence electrons. The molecule has 5 nitrogen and oxygen atoms in total. The van der Waals surface area contributed by atoms with Crippen LogP contribution in [-0.4, -0.2) is 21.1 Å². The van der Waals surface area contributed by atoms with Gasteiger partial charge >= 0.3 is 0 Å². The molecule has 3 rings (SSSR count). The van der Waals surface area contributed by atoms with Crippen LogP contribution in [0.15, 0.2) is 60.8 Å². The van der Waals surface area contributed by atoms with Gasteiger partial charge in [-0.3, -0.25) is 14.9 Å². The van der Waals surface area contributed by atoms with Crippen molar-refractivity contribution in [2.45, 2.75) is 13.0 Å². The zero-order valence-electron chi connectivity index (χ0n) is 12.2. The lowest BCUT2D eigenvalue weighted by atomic mass is 10.1. The number of rotatable bonds is 4. The summed E-state index contributed by atoms with van der Waals surface area (Å²) in [6.07, 6.45) is 1.71. The number of carbonyl (C=O) groups is 1. The van der Waals surface area contributed by atoms with Crippen molar-refractivity contribution >= 4 is 5.91 Å². The molecule has 0 unspecified atom stereocenters. The highest BCUT2D eigenvalue weighted by Crippen LogP contribution is 2.17. The average molecular weight is 292 g/mol. The number of H-pyrrole nitrogens is 1. The van der Waals surface area contributed by atoms with Gasteiger partial charge < -0.3 is 5.32 Å². The minimum Gasteiger partial charge on any atom is -0.343 e. The summed E-state index contributed by atoms with van der Waals surface area (Å²) < 4.78 is 0. The largest absolute Gasteiger partial charge is 0.343 e. The lowest BCUT2D eigenvalue weighted by Crippen LogP contribution is -2.27. The van der Waals surface area contributed by atoms with E-state index >= 15 is 0 Å². The molecule has 0 aliphatic heterocycles. The second kappa shape index (κ2) is 6.22. The van der Waals surface area contributed by atoms with Crippen molar-refractivity contribution in [3.05, 3.63) is 72.2 Å². The number of benzene rings is 1. The molecule has 0 radical (unpaired) electrons. The van der Waals surface area contributed by atoms with Crippen LogP contribution < -0.4 is 5.32 Å². The molecule has 0 bridgehead atoms. The summed E-state index contributed by atoms with van der Waals surface area (Å²) in [4.78, 5) is 16.5.